The Morgan fingerprint density at radius 2 is 1.82 bits per heavy atom. The maximum absolute atomic E-state index is 12.7. The minimum atomic E-state index is -0.232. The van der Waals surface area contributed by atoms with E-state index in [-0.39, 0.29) is 23.6 Å². The highest BCUT2D eigenvalue weighted by atomic mass is 32.2. The zero-order chi connectivity index (χ0) is 19.9. The molecule has 0 aliphatic rings. The summed E-state index contributed by atoms with van der Waals surface area (Å²) in [5.74, 6) is -0.213. The second-order valence-electron chi connectivity index (χ2n) is 6.31. The Hall–Kier alpha value is -3.06. The van der Waals surface area contributed by atoms with E-state index in [2.05, 4.69) is 15.6 Å². The highest BCUT2D eigenvalue weighted by Crippen LogP contribution is 2.19. The fourth-order valence-corrected chi connectivity index (χ4v) is 3.43. The van der Waals surface area contributed by atoms with E-state index in [1.807, 2.05) is 55.1 Å². The molecule has 3 rings (SSSR count). The Balaban J connectivity index is 1.64. The molecule has 1 atom stereocenters. The molecule has 0 fully saturated rings. The van der Waals surface area contributed by atoms with Crippen molar-refractivity contribution in [2.75, 3.05) is 11.1 Å². The molecule has 1 unspecified atom stereocenters. The van der Waals surface area contributed by atoms with Gasteiger partial charge >= 0.3 is 0 Å². The summed E-state index contributed by atoms with van der Waals surface area (Å²) < 4.78 is 1.85. The number of carbonyl (C=O) groups excluding carboxylic acids is 2. The first-order chi connectivity index (χ1) is 13.5. The van der Waals surface area contributed by atoms with Gasteiger partial charge in [0.1, 0.15) is 0 Å². The Bertz CT molecular complexity index is 956. The molecule has 6 nitrogen and oxygen atoms in total. The summed E-state index contributed by atoms with van der Waals surface area (Å²) in [6, 6.07) is 16.6. The maximum atomic E-state index is 12.7. The van der Waals surface area contributed by atoms with Crippen molar-refractivity contribution in [3.8, 4) is 0 Å². The molecule has 0 saturated carbocycles. The van der Waals surface area contributed by atoms with Crippen molar-refractivity contribution in [3.05, 3.63) is 78.1 Å². The molecule has 2 N–H and O–H groups in total. The van der Waals surface area contributed by atoms with Crippen LogP contribution in [0.1, 0.15) is 28.9 Å². The summed E-state index contributed by atoms with van der Waals surface area (Å²) in [6.45, 7) is 1.93. The molecule has 1 heterocycles. The Labute approximate surface area is 168 Å². The first kappa shape index (κ1) is 19.7. The van der Waals surface area contributed by atoms with Crippen molar-refractivity contribution in [1.29, 1.82) is 0 Å². The molecule has 3 aromatic rings. The summed E-state index contributed by atoms with van der Waals surface area (Å²) in [5, 5.41) is 6.57. The molecular weight excluding hydrogens is 372 g/mol. The molecule has 0 aliphatic heterocycles. The van der Waals surface area contributed by atoms with Crippen LogP contribution < -0.4 is 10.6 Å². The number of hydrogen-bond donors (Lipinski definition) is 2. The third-order valence-corrected chi connectivity index (χ3v) is 5.26. The molecular formula is C21H22N4O2S. The van der Waals surface area contributed by atoms with Crippen LogP contribution in [0.2, 0.25) is 0 Å². The quantitative estimate of drug-likeness (QED) is 0.600. The summed E-state index contributed by atoms with van der Waals surface area (Å²) in [7, 11) is 1.88. The number of carbonyl (C=O) groups is 2. The number of nitrogens with zero attached hydrogens (tertiary/aromatic N) is 2. The van der Waals surface area contributed by atoms with Crippen molar-refractivity contribution < 1.29 is 9.59 Å². The molecule has 2 aromatic carbocycles. The predicted octanol–water partition coefficient (Wildman–Crippen LogP) is 3.64. The Kier molecular flexibility index (Phi) is 6.49. The van der Waals surface area contributed by atoms with Crippen LogP contribution in [-0.2, 0) is 11.8 Å². The fourth-order valence-electron chi connectivity index (χ4n) is 2.70. The number of para-hydroxylation sites is 1. The maximum Gasteiger partial charge on any atom is 0.253 e. The van der Waals surface area contributed by atoms with Gasteiger partial charge in [0, 0.05) is 19.4 Å². The van der Waals surface area contributed by atoms with E-state index in [1.54, 1.807) is 30.5 Å². The van der Waals surface area contributed by atoms with Crippen LogP contribution in [0.3, 0.4) is 0 Å². The van der Waals surface area contributed by atoms with Crippen molar-refractivity contribution in [2.45, 2.75) is 18.1 Å². The number of amides is 2. The average molecular weight is 395 g/mol. The topological polar surface area (TPSA) is 76.0 Å². The standard InChI is InChI=1S/C21H22N4O2S/c1-15(16-8-4-3-5-9-16)23-20(27)17-10-6-7-11-18(17)24-19(26)14-28-21-22-12-13-25(21)2/h3-13,15H,14H2,1-2H3,(H,23,27)(H,24,26). The third-order valence-electron chi connectivity index (χ3n) is 4.20. The molecule has 0 radical (unpaired) electrons. The van der Waals surface area contributed by atoms with Crippen LogP contribution in [0.25, 0.3) is 0 Å². The number of rotatable bonds is 7. The molecule has 0 bridgehead atoms. The number of aryl methyl sites for hydroxylation is 1. The van der Waals surface area contributed by atoms with Gasteiger partial charge in [-0.1, -0.05) is 54.2 Å². The van der Waals surface area contributed by atoms with E-state index in [0.29, 0.717) is 11.3 Å². The van der Waals surface area contributed by atoms with Crippen LogP contribution in [0.15, 0.2) is 72.1 Å². The lowest BCUT2D eigenvalue weighted by atomic mass is 10.1. The SMILES string of the molecule is CC(NC(=O)c1ccccc1NC(=O)CSc1nccn1C)c1ccccc1. The smallest absolute Gasteiger partial charge is 0.253 e. The van der Waals surface area contributed by atoms with Gasteiger partial charge in [-0.3, -0.25) is 9.59 Å². The molecule has 1 aromatic heterocycles. The molecule has 2 amide bonds. The van der Waals surface area contributed by atoms with Crippen LogP contribution in [0.4, 0.5) is 5.69 Å². The van der Waals surface area contributed by atoms with Crippen LogP contribution in [-0.4, -0.2) is 27.1 Å². The number of anilines is 1. The predicted molar refractivity (Wildman–Crippen MR) is 111 cm³/mol. The van der Waals surface area contributed by atoms with Gasteiger partial charge in [-0.25, -0.2) is 4.98 Å². The number of imidazole rings is 1. The summed E-state index contributed by atoms with van der Waals surface area (Å²) in [5.41, 5.74) is 1.94. The number of hydrogen-bond acceptors (Lipinski definition) is 4. The van der Waals surface area contributed by atoms with E-state index in [0.717, 1.165) is 10.7 Å². The van der Waals surface area contributed by atoms with Crippen LogP contribution in [0.5, 0.6) is 0 Å². The van der Waals surface area contributed by atoms with Gasteiger partial charge < -0.3 is 15.2 Å². The van der Waals surface area contributed by atoms with Crippen molar-refractivity contribution >= 4 is 29.3 Å². The molecule has 144 valence electrons. The number of benzene rings is 2. The highest BCUT2D eigenvalue weighted by Gasteiger charge is 2.16. The fraction of sp³-hybridized carbons (Fsp3) is 0.190. The Morgan fingerprint density at radius 3 is 2.54 bits per heavy atom. The molecule has 7 heteroatoms. The van der Waals surface area contributed by atoms with Gasteiger partial charge in [0.05, 0.1) is 23.0 Å². The van der Waals surface area contributed by atoms with E-state index < -0.39 is 0 Å². The molecule has 0 aliphatic carbocycles. The monoisotopic (exact) mass is 394 g/mol. The normalized spacial score (nSPS) is 11.6. The Morgan fingerprint density at radius 1 is 1.11 bits per heavy atom. The molecule has 0 spiro atoms. The lowest BCUT2D eigenvalue weighted by molar-refractivity contribution is -0.113. The van der Waals surface area contributed by atoms with Crippen molar-refractivity contribution in [3.63, 3.8) is 0 Å². The van der Waals surface area contributed by atoms with Gasteiger partial charge in [-0.05, 0) is 24.6 Å². The van der Waals surface area contributed by atoms with Gasteiger partial charge in [0.15, 0.2) is 5.16 Å². The van der Waals surface area contributed by atoms with Crippen LogP contribution >= 0.6 is 11.8 Å². The van der Waals surface area contributed by atoms with Gasteiger partial charge in [-0.15, -0.1) is 0 Å². The van der Waals surface area contributed by atoms with Gasteiger partial charge in [0.2, 0.25) is 5.91 Å². The lowest BCUT2D eigenvalue weighted by Crippen LogP contribution is -2.28. The van der Waals surface area contributed by atoms with Crippen molar-refractivity contribution in [2.24, 2.45) is 7.05 Å². The lowest BCUT2D eigenvalue weighted by Gasteiger charge is -2.16. The number of nitrogens with one attached hydrogen (secondary N) is 2. The minimum absolute atomic E-state index is 0.142. The van der Waals surface area contributed by atoms with E-state index in [9.17, 15) is 9.59 Å². The summed E-state index contributed by atoms with van der Waals surface area (Å²) in [4.78, 5) is 29.3. The second kappa shape index (κ2) is 9.23. The van der Waals surface area contributed by atoms with Crippen LogP contribution in [0, 0.1) is 0 Å². The highest BCUT2D eigenvalue weighted by molar-refractivity contribution is 7.99. The number of thioether (sulfide) groups is 1. The number of aromatic nitrogens is 2. The average Bonchev–Trinajstić information content (AvgIpc) is 3.12. The first-order valence-electron chi connectivity index (χ1n) is 8.89. The summed E-state index contributed by atoms with van der Waals surface area (Å²) >= 11 is 1.34. The molecule has 28 heavy (non-hydrogen) atoms. The van der Waals surface area contributed by atoms with E-state index in [1.165, 1.54) is 11.8 Å². The van der Waals surface area contributed by atoms with E-state index >= 15 is 0 Å². The zero-order valence-corrected chi connectivity index (χ0v) is 16.6. The van der Waals surface area contributed by atoms with Crippen molar-refractivity contribution in [1.82, 2.24) is 14.9 Å². The minimum Gasteiger partial charge on any atom is -0.345 e. The first-order valence-corrected chi connectivity index (χ1v) is 9.88. The largest absolute Gasteiger partial charge is 0.345 e. The third kappa shape index (κ3) is 5.01. The summed E-state index contributed by atoms with van der Waals surface area (Å²) in [6.07, 6.45) is 3.52. The molecule has 0 saturated heterocycles. The zero-order valence-electron chi connectivity index (χ0n) is 15.8. The second-order valence-corrected chi connectivity index (χ2v) is 7.25. The van der Waals surface area contributed by atoms with Gasteiger partial charge in [0.25, 0.3) is 5.91 Å². The van der Waals surface area contributed by atoms with E-state index in [4.69, 9.17) is 0 Å². The van der Waals surface area contributed by atoms with Gasteiger partial charge in [-0.2, -0.15) is 0 Å².